The summed E-state index contributed by atoms with van der Waals surface area (Å²) in [6.45, 7) is 3.99. The highest BCUT2D eigenvalue weighted by Gasteiger charge is 2.13. The van der Waals surface area contributed by atoms with Gasteiger partial charge in [0.2, 0.25) is 0 Å². The van der Waals surface area contributed by atoms with Crippen LogP contribution in [0.4, 0.5) is 0 Å². The first-order valence-electron chi connectivity index (χ1n) is 8.38. The van der Waals surface area contributed by atoms with Crippen molar-refractivity contribution >= 4 is 0 Å². The summed E-state index contributed by atoms with van der Waals surface area (Å²) < 4.78 is 0. The molecule has 0 nitrogen and oxygen atoms in total. The second-order valence-corrected chi connectivity index (χ2v) is 6.44. The van der Waals surface area contributed by atoms with Crippen molar-refractivity contribution in [3.63, 3.8) is 0 Å². The first kappa shape index (κ1) is 14.6. The van der Waals surface area contributed by atoms with Crippen LogP contribution < -0.4 is 0 Å². The molecule has 0 aromatic carbocycles. The van der Waals surface area contributed by atoms with Crippen LogP contribution in [-0.4, -0.2) is 0 Å². The molecule has 0 bridgehead atoms. The summed E-state index contributed by atoms with van der Waals surface area (Å²) in [6.07, 6.45) is 24.6. The largest absolute Gasteiger partial charge is 0.0988 e. The van der Waals surface area contributed by atoms with E-state index < -0.39 is 0 Å². The van der Waals surface area contributed by atoms with Crippen molar-refractivity contribution in [1.82, 2.24) is 0 Å². The number of allylic oxidation sites excluding steroid dienone is 5. The first-order valence-corrected chi connectivity index (χ1v) is 8.38. The van der Waals surface area contributed by atoms with Gasteiger partial charge in [0, 0.05) is 0 Å². The van der Waals surface area contributed by atoms with Gasteiger partial charge in [0.15, 0.2) is 0 Å². The Hall–Kier alpha value is -0.780. The molecule has 0 heteroatoms. The maximum atomic E-state index is 3.99. The van der Waals surface area contributed by atoms with Crippen LogP contribution in [0.3, 0.4) is 0 Å². The van der Waals surface area contributed by atoms with Gasteiger partial charge in [0.1, 0.15) is 0 Å². The van der Waals surface area contributed by atoms with E-state index in [1.807, 2.05) is 0 Å². The predicted molar refractivity (Wildman–Crippen MR) is 85.2 cm³/mol. The third kappa shape index (κ3) is 5.38. The van der Waals surface area contributed by atoms with Crippen LogP contribution >= 0.6 is 0 Å². The molecule has 0 N–H and O–H groups in total. The Morgan fingerprint density at radius 1 is 0.895 bits per heavy atom. The lowest BCUT2D eigenvalue weighted by Crippen LogP contribution is -2.06. The zero-order valence-corrected chi connectivity index (χ0v) is 12.4. The molecule has 0 radical (unpaired) electrons. The molecule has 2 aliphatic carbocycles. The van der Waals surface area contributed by atoms with Crippen LogP contribution in [-0.2, 0) is 0 Å². The Kier molecular flexibility index (Phi) is 6.47. The molecule has 2 rings (SSSR count). The summed E-state index contributed by atoms with van der Waals surface area (Å²) in [6, 6.07) is 0. The lowest BCUT2D eigenvalue weighted by Gasteiger charge is -2.21. The number of hydrogen-bond donors (Lipinski definition) is 0. The van der Waals surface area contributed by atoms with E-state index in [1.54, 1.807) is 0 Å². The Labute approximate surface area is 119 Å². The molecule has 106 valence electrons. The fourth-order valence-corrected chi connectivity index (χ4v) is 3.61. The second-order valence-electron chi connectivity index (χ2n) is 6.44. The van der Waals surface area contributed by atoms with E-state index in [0.29, 0.717) is 0 Å². The van der Waals surface area contributed by atoms with E-state index in [0.717, 1.165) is 11.8 Å². The average molecular weight is 258 g/mol. The van der Waals surface area contributed by atoms with Crippen molar-refractivity contribution in [2.45, 2.75) is 70.6 Å². The van der Waals surface area contributed by atoms with E-state index in [-0.39, 0.29) is 0 Å². The van der Waals surface area contributed by atoms with Gasteiger partial charge in [-0.15, -0.1) is 0 Å². The molecule has 0 aliphatic heterocycles. The lowest BCUT2D eigenvalue weighted by atomic mass is 9.84. The zero-order chi connectivity index (χ0) is 13.3. The van der Waals surface area contributed by atoms with Crippen molar-refractivity contribution in [2.75, 3.05) is 0 Å². The third-order valence-electron chi connectivity index (χ3n) is 4.85. The van der Waals surface area contributed by atoms with Crippen molar-refractivity contribution in [2.24, 2.45) is 11.8 Å². The van der Waals surface area contributed by atoms with Crippen LogP contribution in [0.5, 0.6) is 0 Å². The highest BCUT2D eigenvalue weighted by Crippen LogP contribution is 2.29. The minimum atomic E-state index is 0.839. The Morgan fingerprint density at radius 2 is 1.53 bits per heavy atom. The van der Waals surface area contributed by atoms with Gasteiger partial charge in [0.05, 0.1) is 0 Å². The quantitative estimate of drug-likeness (QED) is 0.514. The standard InChI is InChI=1S/C19H30/c1-2-17(16-19-12-7-4-8-13-19)14-9-15-18-10-5-3-6-11-18/h2,9,14-15,18-19H,1,3-8,10-13,16H2/b15-9-,17-14+. The molecule has 0 amide bonds. The van der Waals surface area contributed by atoms with Gasteiger partial charge < -0.3 is 0 Å². The Morgan fingerprint density at radius 3 is 2.16 bits per heavy atom. The van der Waals surface area contributed by atoms with E-state index >= 15 is 0 Å². The summed E-state index contributed by atoms with van der Waals surface area (Å²) in [5.74, 6) is 1.76. The summed E-state index contributed by atoms with van der Waals surface area (Å²) in [5, 5.41) is 0. The smallest absolute Gasteiger partial charge is 0.0230 e. The van der Waals surface area contributed by atoms with E-state index in [9.17, 15) is 0 Å². The van der Waals surface area contributed by atoms with Crippen molar-refractivity contribution < 1.29 is 0 Å². The summed E-state index contributed by atoms with van der Waals surface area (Å²) >= 11 is 0. The SMILES string of the molecule is C=C/C(=C\C=C/C1CCCCC1)CC1CCCCC1. The molecular formula is C19H30. The second kappa shape index (κ2) is 8.40. The van der Waals surface area contributed by atoms with Gasteiger partial charge in [-0.1, -0.05) is 82.2 Å². The summed E-state index contributed by atoms with van der Waals surface area (Å²) in [4.78, 5) is 0. The Balaban J connectivity index is 1.80. The zero-order valence-electron chi connectivity index (χ0n) is 12.4. The van der Waals surface area contributed by atoms with Gasteiger partial charge in [-0.3, -0.25) is 0 Å². The maximum absolute atomic E-state index is 3.99. The molecule has 0 unspecified atom stereocenters. The van der Waals surface area contributed by atoms with E-state index in [2.05, 4.69) is 30.9 Å². The molecular weight excluding hydrogens is 228 g/mol. The van der Waals surface area contributed by atoms with Gasteiger partial charge in [-0.05, 0) is 36.7 Å². The minimum absolute atomic E-state index is 0.839. The first-order chi connectivity index (χ1) is 9.38. The van der Waals surface area contributed by atoms with Crippen molar-refractivity contribution in [1.29, 1.82) is 0 Å². The maximum Gasteiger partial charge on any atom is -0.0230 e. The fraction of sp³-hybridized carbons (Fsp3) is 0.684. The molecule has 0 saturated heterocycles. The molecule has 2 fully saturated rings. The molecule has 0 aromatic rings. The topological polar surface area (TPSA) is 0 Å². The van der Waals surface area contributed by atoms with Crippen LogP contribution in [0.15, 0.2) is 36.5 Å². The van der Waals surface area contributed by atoms with Crippen LogP contribution in [0, 0.1) is 11.8 Å². The minimum Gasteiger partial charge on any atom is -0.0988 e. The number of rotatable bonds is 5. The molecule has 0 aromatic heterocycles. The van der Waals surface area contributed by atoms with Crippen LogP contribution in [0.25, 0.3) is 0 Å². The molecule has 2 aliphatic rings. The molecule has 0 spiro atoms. The van der Waals surface area contributed by atoms with Crippen molar-refractivity contribution in [3.8, 4) is 0 Å². The van der Waals surface area contributed by atoms with Crippen LogP contribution in [0.1, 0.15) is 70.6 Å². The summed E-state index contributed by atoms with van der Waals surface area (Å²) in [7, 11) is 0. The average Bonchev–Trinajstić information content (AvgIpc) is 2.48. The molecule has 19 heavy (non-hydrogen) atoms. The van der Waals surface area contributed by atoms with E-state index in [4.69, 9.17) is 0 Å². The Bertz CT molecular complexity index is 309. The summed E-state index contributed by atoms with van der Waals surface area (Å²) in [5.41, 5.74) is 1.44. The monoisotopic (exact) mass is 258 g/mol. The molecule has 0 heterocycles. The molecule has 2 saturated carbocycles. The highest BCUT2D eigenvalue weighted by atomic mass is 14.2. The predicted octanol–water partition coefficient (Wildman–Crippen LogP) is 6.21. The fourth-order valence-electron chi connectivity index (χ4n) is 3.61. The third-order valence-corrected chi connectivity index (χ3v) is 4.85. The van der Waals surface area contributed by atoms with Gasteiger partial charge >= 0.3 is 0 Å². The van der Waals surface area contributed by atoms with Crippen LogP contribution in [0.2, 0.25) is 0 Å². The van der Waals surface area contributed by atoms with Gasteiger partial charge in [-0.2, -0.15) is 0 Å². The van der Waals surface area contributed by atoms with Gasteiger partial charge in [0.25, 0.3) is 0 Å². The van der Waals surface area contributed by atoms with Gasteiger partial charge in [-0.25, -0.2) is 0 Å². The number of hydrogen-bond acceptors (Lipinski definition) is 0. The normalized spacial score (nSPS) is 23.9. The van der Waals surface area contributed by atoms with E-state index in [1.165, 1.54) is 76.2 Å². The highest BCUT2D eigenvalue weighted by molar-refractivity contribution is 5.23. The molecule has 0 atom stereocenters. The lowest BCUT2D eigenvalue weighted by molar-refractivity contribution is 0.358. The van der Waals surface area contributed by atoms with Crippen molar-refractivity contribution in [3.05, 3.63) is 36.5 Å².